The summed E-state index contributed by atoms with van der Waals surface area (Å²) >= 11 is 0. The molecule has 0 N–H and O–H groups in total. The van der Waals surface area contributed by atoms with E-state index >= 15 is 0 Å². The van der Waals surface area contributed by atoms with Crippen molar-refractivity contribution in [3.63, 3.8) is 0 Å². The van der Waals surface area contributed by atoms with Gasteiger partial charge in [0.15, 0.2) is 11.5 Å². The number of ether oxygens (including phenoxy) is 1. The van der Waals surface area contributed by atoms with Gasteiger partial charge in [0.2, 0.25) is 0 Å². The number of carbonyl (C=O) groups is 2. The van der Waals surface area contributed by atoms with Crippen molar-refractivity contribution in [3.05, 3.63) is 23.5 Å². The van der Waals surface area contributed by atoms with Gasteiger partial charge in [-0.2, -0.15) is 5.10 Å². The van der Waals surface area contributed by atoms with Gasteiger partial charge >= 0.3 is 5.97 Å². The minimum Gasteiger partial charge on any atom is -0.464 e. The molecule has 1 aromatic heterocycles. The molecule has 80 valence electrons. The van der Waals surface area contributed by atoms with E-state index in [1.807, 2.05) is 0 Å². The first-order chi connectivity index (χ1) is 7.04. The molecule has 0 atom stereocenters. The van der Waals surface area contributed by atoms with Crippen molar-refractivity contribution in [3.8, 4) is 0 Å². The second-order valence-corrected chi connectivity index (χ2v) is 3.01. The molecule has 0 aliphatic heterocycles. The highest BCUT2D eigenvalue weighted by molar-refractivity contribution is 5.92. The zero-order chi connectivity index (χ0) is 11.4. The lowest BCUT2D eigenvalue weighted by atomic mass is 10.3. The van der Waals surface area contributed by atoms with E-state index in [1.165, 1.54) is 24.8 Å². The van der Waals surface area contributed by atoms with Crippen LogP contribution < -0.4 is 0 Å². The standard InChI is InChI=1S/C10H12N2O3/c1-7(13)4-5-8-6-9(10(14)15-3)11-12(8)2/h4-6H,1-3H3/b5-4+. The highest BCUT2D eigenvalue weighted by Gasteiger charge is 2.11. The molecule has 0 saturated heterocycles. The fourth-order valence-electron chi connectivity index (χ4n) is 1.04. The maximum absolute atomic E-state index is 11.1. The molecule has 15 heavy (non-hydrogen) atoms. The fourth-order valence-corrected chi connectivity index (χ4v) is 1.04. The number of nitrogens with zero attached hydrogens (tertiary/aromatic N) is 2. The van der Waals surface area contributed by atoms with Gasteiger partial charge in [-0.1, -0.05) is 0 Å². The van der Waals surface area contributed by atoms with E-state index in [4.69, 9.17) is 0 Å². The van der Waals surface area contributed by atoms with Gasteiger partial charge in [0.1, 0.15) is 0 Å². The highest BCUT2D eigenvalue weighted by atomic mass is 16.5. The van der Waals surface area contributed by atoms with Gasteiger partial charge in [-0.05, 0) is 25.1 Å². The van der Waals surface area contributed by atoms with Gasteiger partial charge in [0.25, 0.3) is 0 Å². The number of hydrogen-bond acceptors (Lipinski definition) is 4. The van der Waals surface area contributed by atoms with Crippen LogP contribution in [0.2, 0.25) is 0 Å². The Kier molecular flexibility index (Phi) is 3.38. The predicted octanol–water partition coefficient (Wildman–Crippen LogP) is 0.809. The number of hydrogen-bond donors (Lipinski definition) is 0. The molecule has 0 spiro atoms. The molecule has 0 aliphatic rings. The lowest BCUT2D eigenvalue weighted by Gasteiger charge is -1.92. The monoisotopic (exact) mass is 208 g/mol. The summed E-state index contributed by atoms with van der Waals surface area (Å²) in [6.45, 7) is 1.45. The van der Waals surface area contributed by atoms with E-state index in [-0.39, 0.29) is 11.5 Å². The van der Waals surface area contributed by atoms with Crippen molar-refractivity contribution in [2.75, 3.05) is 7.11 Å². The Morgan fingerprint density at radius 3 is 2.73 bits per heavy atom. The molecule has 0 saturated carbocycles. The predicted molar refractivity (Wildman–Crippen MR) is 54.3 cm³/mol. The van der Waals surface area contributed by atoms with Crippen LogP contribution in [0.5, 0.6) is 0 Å². The first-order valence-corrected chi connectivity index (χ1v) is 4.35. The third kappa shape index (κ3) is 2.77. The quantitative estimate of drug-likeness (QED) is 0.544. The summed E-state index contributed by atoms with van der Waals surface area (Å²) in [5, 5.41) is 3.94. The molecular formula is C10H12N2O3. The van der Waals surface area contributed by atoms with Crippen molar-refractivity contribution in [1.29, 1.82) is 0 Å². The molecule has 5 heteroatoms. The molecule has 0 aliphatic carbocycles. The third-order valence-electron chi connectivity index (χ3n) is 1.80. The molecule has 0 aromatic carbocycles. The van der Waals surface area contributed by atoms with Crippen molar-refractivity contribution in [1.82, 2.24) is 9.78 Å². The molecule has 0 fully saturated rings. The molecule has 1 aromatic rings. The van der Waals surface area contributed by atoms with Crippen LogP contribution in [-0.4, -0.2) is 28.6 Å². The number of aromatic nitrogens is 2. The van der Waals surface area contributed by atoms with E-state index in [2.05, 4.69) is 9.84 Å². The van der Waals surface area contributed by atoms with E-state index < -0.39 is 5.97 Å². The van der Waals surface area contributed by atoms with Gasteiger partial charge in [-0.3, -0.25) is 9.48 Å². The maximum atomic E-state index is 11.1. The fraction of sp³-hybridized carbons (Fsp3) is 0.300. The van der Waals surface area contributed by atoms with Crippen molar-refractivity contribution >= 4 is 17.8 Å². The highest BCUT2D eigenvalue weighted by Crippen LogP contribution is 2.06. The average Bonchev–Trinajstić information content (AvgIpc) is 2.55. The van der Waals surface area contributed by atoms with Gasteiger partial charge < -0.3 is 4.74 Å². The van der Waals surface area contributed by atoms with Crippen molar-refractivity contribution in [2.45, 2.75) is 6.92 Å². The number of esters is 1. The first kappa shape index (κ1) is 11.2. The van der Waals surface area contributed by atoms with Crippen LogP contribution in [0.4, 0.5) is 0 Å². The van der Waals surface area contributed by atoms with Crippen LogP contribution in [0.3, 0.4) is 0 Å². The second kappa shape index (κ2) is 4.54. The Hall–Kier alpha value is -1.91. The number of ketones is 1. The van der Waals surface area contributed by atoms with E-state index in [1.54, 1.807) is 19.2 Å². The smallest absolute Gasteiger partial charge is 0.358 e. The number of aryl methyl sites for hydroxylation is 1. The summed E-state index contributed by atoms with van der Waals surface area (Å²) in [6.07, 6.45) is 3.01. The summed E-state index contributed by atoms with van der Waals surface area (Å²) in [4.78, 5) is 21.8. The van der Waals surface area contributed by atoms with Crippen LogP contribution in [0.15, 0.2) is 12.1 Å². The maximum Gasteiger partial charge on any atom is 0.358 e. The van der Waals surface area contributed by atoms with Crippen molar-refractivity contribution < 1.29 is 14.3 Å². The summed E-state index contributed by atoms with van der Waals surface area (Å²) in [6, 6.07) is 1.56. The van der Waals surface area contributed by atoms with Gasteiger partial charge in [-0.15, -0.1) is 0 Å². The third-order valence-corrected chi connectivity index (χ3v) is 1.80. The Balaban J connectivity index is 2.96. The Labute approximate surface area is 87.3 Å². The minimum atomic E-state index is -0.493. The number of methoxy groups -OCH3 is 1. The van der Waals surface area contributed by atoms with Gasteiger partial charge in [0.05, 0.1) is 12.8 Å². The minimum absolute atomic E-state index is 0.0594. The molecule has 0 unspecified atom stereocenters. The van der Waals surface area contributed by atoms with E-state index in [9.17, 15) is 9.59 Å². The lowest BCUT2D eigenvalue weighted by molar-refractivity contribution is -0.112. The summed E-state index contributed by atoms with van der Waals surface area (Å²) < 4.78 is 6.03. The Morgan fingerprint density at radius 1 is 1.53 bits per heavy atom. The lowest BCUT2D eigenvalue weighted by Crippen LogP contribution is -2.02. The van der Waals surface area contributed by atoms with Crippen LogP contribution in [0, 0.1) is 0 Å². The summed E-state index contributed by atoms with van der Waals surface area (Å²) in [5.41, 5.74) is 0.897. The number of allylic oxidation sites excluding steroid dienone is 1. The zero-order valence-corrected chi connectivity index (χ0v) is 8.85. The molecular weight excluding hydrogens is 196 g/mol. The summed E-state index contributed by atoms with van der Waals surface area (Å²) in [7, 11) is 2.98. The van der Waals surface area contributed by atoms with Crippen LogP contribution in [-0.2, 0) is 16.6 Å². The Bertz CT molecular complexity index is 418. The van der Waals surface area contributed by atoms with Crippen LogP contribution in [0.25, 0.3) is 6.08 Å². The molecule has 0 radical (unpaired) electrons. The van der Waals surface area contributed by atoms with Crippen LogP contribution in [0.1, 0.15) is 23.1 Å². The molecule has 1 heterocycles. The van der Waals surface area contributed by atoms with Gasteiger partial charge in [0, 0.05) is 7.05 Å². The average molecular weight is 208 g/mol. The molecule has 0 bridgehead atoms. The molecule has 0 amide bonds. The largest absolute Gasteiger partial charge is 0.464 e. The van der Waals surface area contributed by atoms with Gasteiger partial charge in [-0.25, -0.2) is 4.79 Å². The molecule has 1 rings (SSSR count). The number of carbonyl (C=O) groups excluding carboxylic acids is 2. The normalized spacial score (nSPS) is 10.6. The number of rotatable bonds is 3. The van der Waals surface area contributed by atoms with E-state index in [0.717, 1.165) is 0 Å². The van der Waals surface area contributed by atoms with Crippen LogP contribution >= 0.6 is 0 Å². The Morgan fingerprint density at radius 2 is 2.20 bits per heavy atom. The van der Waals surface area contributed by atoms with E-state index in [0.29, 0.717) is 5.69 Å². The summed E-state index contributed by atoms with van der Waals surface area (Å²) in [5.74, 6) is -0.552. The zero-order valence-electron chi connectivity index (χ0n) is 8.85. The second-order valence-electron chi connectivity index (χ2n) is 3.01. The first-order valence-electron chi connectivity index (χ1n) is 4.35. The SMILES string of the molecule is COC(=O)c1cc(/C=C/C(C)=O)n(C)n1. The molecule has 5 nitrogen and oxygen atoms in total. The topological polar surface area (TPSA) is 61.2 Å². The van der Waals surface area contributed by atoms with Crippen molar-refractivity contribution in [2.24, 2.45) is 7.05 Å².